The van der Waals surface area contributed by atoms with Crippen LogP contribution in [-0.2, 0) is 4.74 Å². The molecule has 0 saturated heterocycles. The van der Waals surface area contributed by atoms with Gasteiger partial charge in [-0.25, -0.2) is 4.98 Å². The number of halogens is 1. The van der Waals surface area contributed by atoms with E-state index in [0.29, 0.717) is 23.2 Å². The van der Waals surface area contributed by atoms with E-state index in [4.69, 9.17) is 22.1 Å². The van der Waals surface area contributed by atoms with Gasteiger partial charge in [0.2, 0.25) is 0 Å². The summed E-state index contributed by atoms with van der Waals surface area (Å²) in [5.41, 5.74) is 6.14. The molecule has 6 heteroatoms. The quantitative estimate of drug-likeness (QED) is 0.652. The fraction of sp³-hybridized carbons (Fsp3) is 0.444. The van der Waals surface area contributed by atoms with E-state index < -0.39 is 6.10 Å². The lowest BCUT2D eigenvalue weighted by Crippen LogP contribution is -2.24. The molecule has 0 aliphatic rings. The first kappa shape index (κ1) is 12.0. The van der Waals surface area contributed by atoms with Gasteiger partial charge in [0.15, 0.2) is 5.82 Å². The van der Waals surface area contributed by atoms with Gasteiger partial charge in [-0.1, -0.05) is 11.6 Å². The zero-order valence-corrected chi connectivity index (χ0v) is 9.16. The minimum Gasteiger partial charge on any atom is -0.396 e. The largest absolute Gasteiger partial charge is 0.396 e. The van der Waals surface area contributed by atoms with Crippen molar-refractivity contribution in [2.75, 3.05) is 31.3 Å². The number of ether oxygens (including phenoxy) is 1. The van der Waals surface area contributed by atoms with Crippen molar-refractivity contribution >= 4 is 23.1 Å². The third-order valence-corrected chi connectivity index (χ3v) is 1.97. The second-order valence-corrected chi connectivity index (χ2v) is 3.45. The molecule has 0 aromatic carbocycles. The Bertz CT molecular complexity index is 322. The Morgan fingerprint density at radius 1 is 1.67 bits per heavy atom. The number of methoxy groups -OCH3 is 1. The van der Waals surface area contributed by atoms with Crippen molar-refractivity contribution in [2.24, 2.45) is 0 Å². The zero-order chi connectivity index (χ0) is 11.3. The van der Waals surface area contributed by atoms with Crippen LogP contribution < -0.4 is 11.1 Å². The van der Waals surface area contributed by atoms with Gasteiger partial charge in [-0.05, 0) is 12.1 Å². The lowest BCUT2D eigenvalue weighted by atomic mass is 10.3. The maximum Gasteiger partial charge on any atom is 0.151 e. The fourth-order valence-electron chi connectivity index (χ4n) is 1.05. The van der Waals surface area contributed by atoms with Gasteiger partial charge in [-0.2, -0.15) is 0 Å². The predicted octanol–water partition coefficient (Wildman–Crippen LogP) is 0.736. The van der Waals surface area contributed by atoms with E-state index in [9.17, 15) is 5.11 Å². The van der Waals surface area contributed by atoms with Crippen LogP contribution in [0, 0.1) is 0 Å². The van der Waals surface area contributed by atoms with Gasteiger partial charge >= 0.3 is 0 Å². The van der Waals surface area contributed by atoms with Gasteiger partial charge in [0.05, 0.1) is 18.4 Å². The SMILES string of the molecule is COCC(O)CNc1nc(Cl)ccc1N. The molecule has 1 aromatic heterocycles. The van der Waals surface area contributed by atoms with Gasteiger partial charge in [0.1, 0.15) is 5.15 Å². The number of aromatic nitrogens is 1. The number of rotatable bonds is 5. The number of anilines is 2. The van der Waals surface area contributed by atoms with Crippen LogP contribution in [0.4, 0.5) is 11.5 Å². The zero-order valence-electron chi connectivity index (χ0n) is 8.40. The number of nitrogens with zero attached hydrogens (tertiary/aromatic N) is 1. The summed E-state index contributed by atoms with van der Waals surface area (Å²) >= 11 is 5.70. The number of pyridine rings is 1. The summed E-state index contributed by atoms with van der Waals surface area (Å²) in [5.74, 6) is 0.470. The van der Waals surface area contributed by atoms with Crippen LogP contribution in [-0.4, -0.2) is 36.5 Å². The van der Waals surface area contributed by atoms with Gasteiger partial charge < -0.3 is 20.9 Å². The van der Waals surface area contributed by atoms with Crippen LogP contribution in [0.15, 0.2) is 12.1 Å². The molecule has 1 atom stereocenters. The number of nitrogens with two attached hydrogens (primary N) is 1. The molecular weight excluding hydrogens is 218 g/mol. The Labute approximate surface area is 93.2 Å². The topological polar surface area (TPSA) is 80.4 Å². The molecule has 1 rings (SSSR count). The van der Waals surface area contributed by atoms with Crippen LogP contribution >= 0.6 is 11.6 Å². The van der Waals surface area contributed by atoms with Crippen LogP contribution in [0.3, 0.4) is 0 Å². The third-order valence-electron chi connectivity index (χ3n) is 1.76. The standard InChI is InChI=1S/C9H14ClN3O2/c1-15-5-6(14)4-12-9-7(11)2-3-8(10)13-9/h2-3,6,14H,4-5,11H2,1H3,(H,12,13). The first-order valence-corrected chi connectivity index (χ1v) is 4.84. The van der Waals surface area contributed by atoms with Gasteiger partial charge in [-0.15, -0.1) is 0 Å². The highest BCUT2D eigenvalue weighted by molar-refractivity contribution is 6.29. The second kappa shape index (κ2) is 5.75. The molecule has 0 saturated carbocycles. The van der Waals surface area contributed by atoms with Gasteiger partial charge in [0, 0.05) is 13.7 Å². The molecule has 15 heavy (non-hydrogen) atoms. The van der Waals surface area contributed by atoms with E-state index in [2.05, 4.69) is 10.3 Å². The van der Waals surface area contributed by atoms with E-state index in [0.717, 1.165) is 0 Å². The lowest BCUT2D eigenvalue weighted by Gasteiger charge is -2.12. The molecule has 0 amide bonds. The lowest BCUT2D eigenvalue weighted by molar-refractivity contribution is 0.0727. The van der Waals surface area contributed by atoms with Gasteiger partial charge in [-0.3, -0.25) is 0 Å². The van der Waals surface area contributed by atoms with Crippen LogP contribution in [0.1, 0.15) is 0 Å². The highest BCUT2D eigenvalue weighted by Crippen LogP contribution is 2.17. The van der Waals surface area contributed by atoms with Crippen LogP contribution in [0.25, 0.3) is 0 Å². The molecule has 0 aliphatic carbocycles. The molecule has 5 nitrogen and oxygen atoms in total. The number of nitrogen functional groups attached to an aromatic ring is 1. The van der Waals surface area contributed by atoms with Crippen molar-refractivity contribution in [3.63, 3.8) is 0 Å². The minimum absolute atomic E-state index is 0.257. The van der Waals surface area contributed by atoms with Crippen molar-refractivity contribution in [1.82, 2.24) is 4.98 Å². The first-order chi connectivity index (χ1) is 7.13. The summed E-state index contributed by atoms with van der Waals surface area (Å²) in [6.45, 7) is 0.568. The summed E-state index contributed by atoms with van der Waals surface area (Å²) in [5, 5.41) is 12.6. The van der Waals surface area contributed by atoms with Crippen molar-refractivity contribution in [2.45, 2.75) is 6.10 Å². The maximum atomic E-state index is 9.38. The maximum absolute atomic E-state index is 9.38. The monoisotopic (exact) mass is 231 g/mol. The highest BCUT2D eigenvalue weighted by Gasteiger charge is 2.06. The third kappa shape index (κ3) is 3.91. The summed E-state index contributed by atoms with van der Waals surface area (Å²) in [7, 11) is 1.52. The number of aliphatic hydroxyl groups excluding tert-OH is 1. The highest BCUT2D eigenvalue weighted by atomic mass is 35.5. The van der Waals surface area contributed by atoms with Gasteiger partial charge in [0.25, 0.3) is 0 Å². The smallest absolute Gasteiger partial charge is 0.151 e. The molecule has 1 heterocycles. The van der Waals surface area contributed by atoms with E-state index in [1.165, 1.54) is 7.11 Å². The summed E-state index contributed by atoms with van der Waals surface area (Å²) in [6.07, 6.45) is -0.602. The first-order valence-electron chi connectivity index (χ1n) is 4.46. The van der Waals surface area contributed by atoms with Crippen LogP contribution in [0.5, 0.6) is 0 Å². The van der Waals surface area contributed by atoms with Crippen molar-refractivity contribution in [3.05, 3.63) is 17.3 Å². The summed E-state index contributed by atoms with van der Waals surface area (Å²) < 4.78 is 4.78. The average Bonchev–Trinajstić information content (AvgIpc) is 2.20. The van der Waals surface area contributed by atoms with E-state index in [1.54, 1.807) is 12.1 Å². The Morgan fingerprint density at radius 2 is 2.40 bits per heavy atom. The molecule has 0 radical (unpaired) electrons. The van der Waals surface area contributed by atoms with E-state index in [-0.39, 0.29) is 6.61 Å². The van der Waals surface area contributed by atoms with Crippen molar-refractivity contribution in [1.29, 1.82) is 0 Å². The number of aliphatic hydroxyl groups is 1. The molecule has 0 spiro atoms. The molecule has 1 aromatic rings. The summed E-state index contributed by atoms with van der Waals surface area (Å²) in [4.78, 5) is 3.98. The van der Waals surface area contributed by atoms with Crippen molar-refractivity contribution < 1.29 is 9.84 Å². The molecule has 1 unspecified atom stereocenters. The number of nitrogens with one attached hydrogen (secondary N) is 1. The Hall–Kier alpha value is -1.04. The minimum atomic E-state index is -0.602. The Morgan fingerprint density at radius 3 is 3.07 bits per heavy atom. The second-order valence-electron chi connectivity index (χ2n) is 3.06. The summed E-state index contributed by atoms with van der Waals surface area (Å²) in [6, 6.07) is 3.26. The van der Waals surface area contributed by atoms with E-state index >= 15 is 0 Å². The van der Waals surface area contributed by atoms with E-state index in [1.807, 2.05) is 0 Å². The molecule has 84 valence electrons. The molecule has 4 N–H and O–H groups in total. The van der Waals surface area contributed by atoms with Crippen molar-refractivity contribution in [3.8, 4) is 0 Å². The molecule has 0 fully saturated rings. The molecule has 0 aliphatic heterocycles. The molecular formula is C9H14ClN3O2. The Balaban J connectivity index is 2.53. The average molecular weight is 232 g/mol. The van der Waals surface area contributed by atoms with Crippen LogP contribution in [0.2, 0.25) is 5.15 Å². The Kier molecular flexibility index (Phi) is 4.61. The number of hydrogen-bond donors (Lipinski definition) is 3. The fourth-order valence-corrected chi connectivity index (χ4v) is 1.20. The predicted molar refractivity (Wildman–Crippen MR) is 60.0 cm³/mol. The number of hydrogen-bond acceptors (Lipinski definition) is 5. The molecule has 0 bridgehead atoms. The normalized spacial score (nSPS) is 12.5.